The zero-order chi connectivity index (χ0) is 19.9. The zero-order valence-corrected chi connectivity index (χ0v) is 15.5. The fourth-order valence-corrected chi connectivity index (χ4v) is 5.25. The minimum atomic E-state index is -3.29. The Bertz CT molecular complexity index is 924. The van der Waals surface area contributed by atoms with Crippen LogP contribution in [0.15, 0.2) is 29.5 Å². The number of hydrogen-bond acceptors (Lipinski definition) is 5. The van der Waals surface area contributed by atoms with Gasteiger partial charge < -0.3 is 10.1 Å². The monoisotopic (exact) mass is 400 g/mol. The number of rotatable bonds is 3. The van der Waals surface area contributed by atoms with Gasteiger partial charge in [0.15, 0.2) is 9.84 Å². The Labute approximate surface area is 154 Å². The first-order valence-electron chi connectivity index (χ1n) is 8.19. The van der Waals surface area contributed by atoms with Gasteiger partial charge in [-0.2, -0.15) is 0 Å². The van der Waals surface area contributed by atoms with Crippen molar-refractivity contribution in [1.29, 1.82) is 0 Å². The summed E-state index contributed by atoms with van der Waals surface area (Å²) in [4.78, 5) is 26.2. The van der Waals surface area contributed by atoms with Gasteiger partial charge in [0.1, 0.15) is 11.6 Å². The molecule has 1 fully saturated rings. The molecular weight excluding hydrogens is 382 g/mol. The minimum Gasteiger partial charge on any atom is -0.466 e. The number of carbonyl (C=O) groups excluding carboxylic acids is 2. The highest BCUT2D eigenvalue weighted by Crippen LogP contribution is 2.36. The molecule has 0 radical (unpaired) electrons. The molecule has 7 nitrogen and oxygen atoms in total. The SMILES string of the molecule is COC(=O)C1=C(C)N([C@H]2CCS(=O)(=O)C2)C(=O)N[C@@H]1c1c(F)cccc1F. The molecule has 0 saturated carbocycles. The summed E-state index contributed by atoms with van der Waals surface area (Å²) < 4.78 is 56.8. The van der Waals surface area contributed by atoms with Gasteiger partial charge in [0, 0.05) is 5.70 Å². The van der Waals surface area contributed by atoms with E-state index in [9.17, 15) is 26.8 Å². The van der Waals surface area contributed by atoms with Gasteiger partial charge in [0.05, 0.1) is 41.8 Å². The molecule has 2 amide bonds. The molecule has 0 spiro atoms. The summed E-state index contributed by atoms with van der Waals surface area (Å²) in [6, 6.07) is 0.426. The number of nitrogens with one attached hydrogen (secondary N) is 1. The highest BCUT2D eigenvalue weighted by Gasteiger charge is 2.43. The van der Waals surface area contributed by atoms with Crippen LogP contribution in [-0.4, -0.2) is 50.0 Å². The van der Waals surface area contributed by atoms with Gasteiger partial charge in [0.25, 0.3) is 0 Å². The second kappa shape index (κ2) is 6.91. The van der Waals surface area contributed by atoms with Crippen molar-refractivity contribution in [2.75, 3.05) is 18.6 Å². The molecule has 2 atom stereocenters. The third kappa shape index (κ3) is 3.41. The molecule has 1 N–H and O–H groups in total. The van der Waals surface area contributed by atoms with Crippen LogP contribution < -0.4 is 5.32 Å². The molecule has 0 unspecified atom stereocenters. The molecule has 27 heavy (non-hydrogen) atoms. The Morgan fingerprint density at radius 1 is 1.30 bits per heavy atom. The number of ether oxygens (including phenoxy) is 1. The Morgan fingerprint density at radius 3 is 2.44 bits per heavy atom. The summed E-state index contributed by atoms with van der Waals surface area (Å²) >= 11 is 0. The summed E-state index contributed by atoms with van der Waals surface area (Å²) in [6.45, 7) is 1.43. The number of nitrogens with zero attached hydrogens (tertiary/aromatic N) is 1. The summed E-state index contributed by atoms with van der Waals surface area (Å²) in [5.41, 5.74) is -0.518. The normalized spacial score (nSPS) is 24.7. The van der Waals surface area contributed by atoms with Crippen LogP contribution in [0.1, 0.15) is 24.9 Å². The van der Waals surface area contributed by atoms with Crippen molar-refractivity contribution in [2.24, 2.45) is 0 Å². The predicted octanol–water partition coefficient (Wildman–Crippen LogP) is 1.67. The molecule has 2 heterocycles. The van der Waals surface area contributed by atoms with Crippen LogP contribution in [0.25, 0.3) is 0 Å². The molecule has 3 rings (SSSR count). The van der Waals surface area contributed by atoms with Gasteiger partial charge in [-0.25, -0.2) is 26.8 Å². The van der Waals surface area contributed by atoms with Crippen molar-refractivity contribution < 1.29 is 31.5 Å². The topological polar surface area (TPSA) is 92.8 Å². The summed E-state index contributed by atoms with van der Waals surface area (Å²) in [7, 11) is -2.19. The lowest BCUT2D eigenvalue weighted by Crippen LogP contribution is -2.52. The Morgan fingerprint density at radius 2 is 1.93 bits per heavy atom. The average Bonchev–Trinajstić information content (AvgIpc) is 2.93. The fraction of sp³-hybridized carbons (Fsp3) is 0.412. The first-order chi connectivity index (χ1) is 12.7. The van der Waals surface area contributed by atoms with E-state index in [0.29, 0.717) is 0 Å². The Kier molecular flexibility index (Phi) is 4.94. The van der Waals surface area contributed by atoms with Gasteiger partial charge >= 0.3 is 12.0 Å². The molecule has 1 saturated heterocycles. The van der Waals surface area contributed by atoms with E-state index in [1.54, 1.807) is 0 Å². The van der Waals surface area contributed by atoms with Crippen molar-refractivity contribution in [3.63, 3.8) is 0 Å². The van der Waals surface area contributed by atoms with E-state index in [1.165, 1.54) is 13.0 Å². The van der Waals surface area contributed by atoms with Crippen LogP contribution in [0.2, 0.25) is 0 Å². The van der Waals surface area contributed by atoms with Crippen molar-refractivity contribution in [1.82, 2.24) is 10.2 Å². The molecule has 146 valence electrons. The number of benzene rings is 1. The van der Waals surface area contributed by atoms with Gasteiger partial charge in [-0.05, 0) is 25.5 Å². The number of esters is 1. The van der Waals surface area contributed by atoms with Gasteiger partial charge in [-0.1, -0.05) is 6.07 Å². The van der Waals surface area contributed by atoms with Gasteiger partial charge in [-0.3, -0.25) is 4.90 Å². The second-order valence-electron chi connectivity index (χ2n) is 6.44. The van der Waals surface area contributed by atoms with E-state index in [0.717, 1.165) is 24.1 Å². The van der Waals surface area contributed by atoms with Crippen LogP contribution >= 0.6 is 0 Å². The lowest BCUT2D eigenvalue weighted by Gasteiger charge is -2.38. The van der Waals surface area contributed by atoms with E-state index in [1.807, 2.05) is 0 Å². The number of amides is 2. The molecule has 1 aromatic carbocycles. The van der Waals surface area contributed by atoms with Crippen molar-refractivity contribution in [3.8, 4) is 0 Å². The molecule has 0 bridgehead atoms. The average molecular weight is 400 g/mol. The lowest BCUT2D eigenvalue weighted by atomic mass is 9.93. The molecule has 1 aromatic rings. The van der Waals surface area contributed by atoms with Gasteiger partial charge in [0.2, 0.25) is 0 Å². The summed E-state index contributed by atoms with van der Waals surface area (Å²) in [6.07, 6.45) is 0.209. The lowest BCUT2D eigenvalue weighted by molar-refractivity contribution is -0.136. The quantitative estimate of drug-likeness (QED) is 0.779. The molecule has 2 aliphatic rings. The number of hydrogen-bond donors (Lipinski definition) is 1. The molecule has 10 heteroatoms. The second-order valence-corrected chi connectivity index (χ2v) is 8.66. The number of allylic oxidation sites excluding steroid dienone is 1. The Hall–Kier alpha value is -2.49. The predicted molar refractivity (Wildman–Crippen MR) is 91.2 cm³/mol. The fourth-order valence-electron chi connectivity index (χ4n) is 3.55. The van der Waals surface area contributed by atoms with Crippen molar-refractivity contribution >= 4 is 21.8 Å². The summed E-state index contributed by atoms with van der Waals surface area (Å²) in [5.74, 6) is -3.04. The first-order valence-corrected chi connectivity index (χ1v) is 10.0. The van der Waals surface area contributed by atoms with Crippen LogP contribution in [0, 0.1) is 11.6 Å². The van der Waals surface area contributed by atoms with E-state index < -0.39 is 51.1 Å². The molecule has 2 aliphatic heterocycles. The maximum absolute atomic E-state index is 14.3. The van der Waals surface area contributed by atoms with Crippen LogP contribution in [0.5, 0.6) is 0 Å². The van der Waals surface area contributed by atoms with Crippen LogP contribution in [0.3, 0.4) is 0 Å². The first kappa shape index (κ1) is 19.3. The van der Waals surface area contributed by atoms with E-state index >= 15 is 0 Å². The maximum Gasteiger partial charge on any atom is 0.337 e. The number of sulfone groups is 1. The third-order valence-electron chi connectivity index (χ3n) is 4.79. The van der Waals surface area contributed by atoms with E-state index in [-0.39, 0.29) is 29.2 Å². The minimum absolute atomic E-state index is 0.0757. The van der Waals surface area contributed by atoms with E-state index in [4.69, 9.17) is 4.74 Å². The third-order valence-corrected chi connectivity index (χ3v) is 6.54. The van der Waals surface area contributed by atoms with Crippen molar-refractivity contribution in [3.05, 3.63) is 46.7 Å². The number of halogens is 2. The Balaban J connectivity index is 2.13. The highest BCUT2D eigenvalue weighted by atomic mass is 32.2. The van der Waals surface area contributed by atoms with E-state index in [2.05, 4.69) is 5.32 Å². The van der Waals surface area contributed by atoms with Crippen LogP contribution in [-0.2, 0) is 19.4 Å². The molecule has 0 aliphatic carbocycles. The van der Waals surface area contributed by atoms with Gasteiger partial charge in [-0.15, -0.1) is 0 Å². The molecule has 0 aromatic heterocycles. The largest absolute Gasteiger partial charge is 0.466 e. The number of methoxy groups -OCH3 is 1. The smallest absolute Gasteiger partial charge is 0.337 e. The van der Waals surface area contributed by atoms with Crippen molar-refractivity contribution in [2.45, 2.75) is 25.4 Å². The number of urea groups is 1. The van der Waals surface area contributed by atoms with Crippen LogP contribution in [0.4, 0.5) is 13.6 Å². The summed E-state index contributed by atoms with van der Waals surface area (Å²) in [5, 5.41) is 2.42. The standard InChI is InChI=1S/C17H18F2N2O5S/c1-9-13(16(22)26-2)15(14-11(18)4-3-5-12(14)19)20-17(23)21(9)10-6-7-27(24,25)8-10/h3-5,10,15H,6-8H2,1-2H3,(H,20,23)/t10-,15-/m0/s1. The maximum atomic E-state index is 14.3. The highest BCUT2D eigenvalue weighted by molar-refractivity contribution is 7.91. The molecular formula is C17H18F2N2O5S. The zero-order valence-electron chi connectivity index (χ0n) is 14.7. The number of carbonyl (C=O) groups is 2.